The number of carbonyl (C=O) groups is 1. The van der Waals surface area contributed by atoms with Crippen LogP contribution >= 0.6 is 7.82 Å². The van der Waals surface area contributed by atoms with Crippen molar-refractivity contribution in [1.82, 2.24) is 25.2 Å². The molecule has 15 heteroatoms. The number of halogens is 1. The zero-order valence-corrected chi connectivity index (χ0v) is 18.8. The van der Waals surface area contributed by atoms with Gasteiger partial charge in [-0.15, -0.1) is 15.0 Å². The number of tetrazole rings is 1. The Morgan fingerprint density at radius 1 is 1.29 bits per heavy atom. The lowest BCUT2D eigenvalue weighted by atomic mass is 10.0. The van der Waals surface area contributed by atoms with Crippen LogP contribution in [0.25, 0.3) is 28.8 Å². The largest absolute Gasteiger partial charge is 0.486 e. The maximum absolute atomic E-state index is 15.2. The third kappa shape index (κ3) is 2.88. The topological polar surface area (TPSA) is 151 Å². The van der Waals surface area contributed by atoms with Crippen molar-refractivity contribution in [2.75, 3.05) is 4.90 Å². The van der Waals surface area contributed by atoms with Gasteiger partial charge in [0.15, 0.2) is 0 Å². The Labute approximate surface area is 196 Å². The highest BCUT2D eigenvalue weighted by molar-refractivity contribution is 7.50. The van der Waals surface area contributed by atoms with E-state index >= 15 is 4.39 Å². The average molecular weight is 502 g/mol. The molecular weight excluding hydrogens is 486 g/mol. The number of hydrogen-bond donors (Lipinski definition) is 1. The van der Waals surface area contributed by atoms with Gasteiger partial charge in [-0.2, -0.15) is 0 Å². The molecule has 4 aliphatic rings. The molecule has 6 heterocycles. The Kier molecular flexibility index (Phi) is 4.53. The van der Waals surface area contributed by atoms with Gasteiger partial charge in [-0.25, -0.2) is 32.2 Å². The molecule has 4 aliphatic heterocycles. The first-order chi connectivity index (χ1) is 16.7. The van der Waals surface area contributed by atoms with E-state index in [2.05, 4.69) is 27.0 Å². The molecule has 2 atom stereocenters. The Morgan fingerprint density at radius 2 is 2.09 bits per heavy atom. The van der Waals surface area contributed by atoms with Gasteiger partial charge in [-0.3, -0.25) is 4.98 Å². The highest BCUT2D eigenvalue weighted by Gasteiger charge is 2.91. The standard InChI is InChI=1S/C20H16FN6O7P/c1-3-16(28)19-20(33-35(30,32-19)34-20)27(18(29)31-19)12-6-7-13(14(21)9-12)11-5-8-15(22-10-11)17-23-25-26(4-2)24-17/h4-10,16,28H,2-3H2,1H3/t16-,19-,20?,35?/m1/s1. The average Bonchev–Trinajstić information content (AvgIpc) is 3.52. The number of nitrogens with zero attached hydrogens (tertiary/aromatic N) is 6. The highest BCUT2D eigenvalue weighted by atomic mass is 31.2. The highest BCUT2D eigenvalue weighted by Crippen LogP contribution is 2.81. The number of amides is 1. The van der Waals surface area contributed by atoms with Crippen LogP contribution in [-0.4, -0.2) is 54.2 Å². The number of anilines is 1. The fourth-order valence-corrected chi connectivity index (χ4v) is 5.88. The van der Waals surface area contributed by atoms with E-state index in [1.54, 1.807) is 19.1 Å². The van der Waals surface area contributed by atoms with E-state index in [9.17, 15) is 14.5 Å². The van der Waals surface area contributed by atoms with Crippen LogP contribution < -0.4 is 4.90 Å². The van der Waals surface area contributed by atoms with Crippen molar-refractivity contribution < 1.29 is 37.2 Å². The molecule has 2 bridgehead atoms. The molecule has 0 saturated carbocycles. The molecule has 2 aromatic heterocycles. The molecule has 0 unspecified atom stereocenters. The first-order valence-electron chi connectivity index (χ1n) is 10.4. The van der Waals surface area contributed by atoms with Gasteiger partial charge in [-0.1, -0.05) is 19.6 Å². The molecule has 3 aromatic rings. The van der Waals surface area contributed by atoms with Gasteiger partial charge < -0.3 is 9.84 Å². The second kappa shape index (κ2) is 7.23. The van der Waals surface area contributed by atoms with Crippen LogP contribution in [0, 0.1) is 5.82 Å². The number of aliphatic hydroxyl groups excluding tert-OH is 1. The van der Waals surface area contributed by atoms with E-state index in [-0.39, 0.29) is 23.5 Å². The maximum Gasteiger partial charge on any atom is 0.486 e. The zero-order chi connectivity index (χ0) is 24.6. The lowest BCUT2D eigenvalue weighted by Crippen LogP contribution is -2.63. The summed E-state index contributed by atoms with van der Waals surface area (Å²) in [5.74, 6) is -4.73. The molecule has 1 aromatic carbocycles. The fraction of sp³-hybridized carbons (Fsp3) is 0.250. The number of aliphatic hydroxyl groups is 1. The van der Waals surface area contributed by atoms with E-state index < -0.39 is 37.5 Å². The lowest BCUT2D eigenvalue weighted by molar-refractivity contribution is -0.281. The number of rotatable bonds is 6. The predicted octanol–water partition coefficient (Wildman–Crippen LogP) is 2.90. The minimum atomic E-state index is -4.01. The number of hydrogen-bond acceptors (Lipinski definition) is 11. The first kappa shape index (κ1) is 21.9. The molecule has 7 rings (SSSR count). The summed E-state index contributed by atoms with van der Waals surface area (Å²) in [5, 5.41) is 22.2. The van der Waals surface area contributed by atoms with Gasteiger partial charge in [0.1, 0.15) is 17.6 Å². The van der Waals surface area contributed by atoms with E-state index in [0.29, 0.717) is 11.3 Å². The molecule has 13 nitrogen and oxygen atoms in total. The zero-order valence-electron chi connectivity index (χ0n) is 17.9. The third-order valence-electron chi connectivity index (χ3n) is 5.81. The number of phosphoric ester groups is 1. The van der Waals surface area contributed by atoms with Gasteiger partial charge in [0, 0.05) is 23.5 Å². The Bertz CT molecular complexity index is 1420. The van der Waals surface area contributed by atoms with E-state index in [1.165, 1.54) is 29.3 Å². The Morgan fingerprint density at radius 3 is 2.71 bits per heavy atom. The molecule has 180 valence electrons. The first-order valence-corrected chi connectivity index (χ1v) is 11.8. The van der Waals surface area contributed by atoms with E-state index in [0.717, 1.165) is 11.0 Å². The molecule has 1 N–H and O–H groups in total. The molecule has 0 aliphatic carbocycles. The van der Waals surface area contributed by atoms with Crippen LogP contribution in [-0.2, 0) is 22.9 Å². The minimum absolute atomic E-state index is 0.0204. The molecule has 1 amide bonds. The number of carbonyl (C=O) groups excluding carboxylic acids is 1. The number of benzene rings is 1. The lowest BCUT2D eigenvalue weighted by Gasteiger charge is -2.39. The summed E-state index contributed by atoms with van der Waals surface area (Å²) in [5.41, 5.74) is 1.03. The van der Waals surface area contributed by atoms with Gasteiger partial charge in [-0.05, 0) is 35.9 Å². The Hall–Kier alpha value is -3.55. The summed E-state index contributed by atoms with van der Waals surface area (Å²) in [4.78, 5) is 19.0. The van der Waals surface area contributed by atoms with Crippen molar-refractivity contribution in [2.24, 2.45) is 0 Å². The van der Waals surface area contributed by atoms with Crippen LogP contribution in [0.5, 0.6) is 0 Å². The summed E-state index contributed by atoms with van der Waals surface area (Å²) >= 11 is 0. The molecular formula is C20H16FN6O7P. The molecule has 4 fully saturated rings. The van der Waals surface area contributed by atoms with Crippen molar-refractivity contribution in [3.8, 4) is 22.6 Å². The second-order valence-corrected chi connectivity index (χ2v) is 9.25. The number of pyridine rings is 1. The van der Waals surface area contributed by atoms with E-state index in [4.69, 9.17) is 18.3 Å². The van der Waals surface area contributed by atoms with Crippen LogP contribution in [0.3, 0.4) is 0 Å². The van der Waals surface area contributed by atoms with Crippen LogP contribution in [0.2, 0.25) is 0 Å². The summed E-state index contributed by atoms with van der Waals surface area (Å²) < 4.78 is 48.7. The molecule has 1 spiro atoms. The molecule has 35 heavy (non-hydrogen) atoms. The van der Waals surface area contributed by atoms with Crippen LogP contribution in [0.1, 0.15) is 13.3 Å². The van der Waals surface area contributed by atoms with E-state index in [1.807, 2.05) is 0 Å². The Balaban J connectivity index is 1.32. The smallest absolute Gasteiger partial charge is 0.405 e. The number of phosphoric acid groups is 1. The van der Waals surface area contributed by atoms with Crippen LogP contribution in [0.15, 0.2) is 43.1 Å². The molecule has 0 radical (unpaired) electrons. The molecule has 4 saturated heterocycles. The van der Waals surface area contributed by atoms with Gasteiger partial charge in [0.05, 0.1) is 5.69 Å². The fourth-order valence-electron chi connectivity index (χ4n) is 4.17. The van der Waals surface area contributed by atoms with Crippen molar-refractivity contribution in [3.05, 3.63) is 48.9 Å². The maximum atomic E-state index is 15.2. The summed E-state index contributed by atoms with van der Waals surface area (Å²) in [6.07, 6.45) is 0.450. The van der Waals surface area contributed by atoms with Gasteiger partial charge in [0.25, 0.3) is 0 Å². The summed E-state index contributed by atoms with van der Waals surface area (Å²) in [7, 11) is -4.01. The predicted molar refractivity (Wildman–Crippen MR) is 114 cm³/mol. The quantitative estimate of drug-likeness (QED) is 0.496. The SMILES string of the molecule is C=Cn1nnc(-c2ccc(-c3ccc(N4C(=O)O[C@]5([C@H](O)CC)OP6(=O)OC45O6)cc3F)cn2)n1. The van der Waals surface area contributed by atoms with Crippen molar-refractivity contribution >= 4 is 25.8 Å². The third-order valence-corrected chi connectivity index (χ3v) is 7.24. The normalized spacial score (nSPS) is 29.5. The van der Waals surface area contributed by atoms with Gasteiger partial charge in [0.2, 0.25) is 5.82 Å². The van der Waals surface area contributed by atoms with Crippen molar-refractivity contribution in [1.29, 1.82) is 0 Å². The van der Waals surface area contributed by atoms with Crippen LogP contribution in [0.4, 0.5) is 14.9 Å². The summed E-state index contributed by atoms with van der Waals surface area (Å²) in [6, 6.07) is 7.12. The number of aromatic nitrogens is 5. The van der Waals surface area contributed by atoms with Crippen molar-refractivity contribution in [3.63, 3.8) is 0 Å². The van der Waals surface area contributed by atoms with Crippen molar-refractivity contribution in [2.45, 2.75) is 31.1 Å². The number of ether oxygens (including phenoxy) is 1. The minimum Gasteiger partial charge on any atom is -0.405 e. The second-order valence-electron chi connectivity index (χ2n) is 7.81. The monoisotopic (exact) mass is 502 g/mol. The van der Waals surface area contributed by atoms with Gasteiger partial charge >= 0.3 is 25.6 Å². The summed E-state index contributed by atoms with van der Waals surface area (Å²) in [6.45, 7) is 5.14.